The van der Waals surface area contributed by atoms with Crippen LogP contribution in [0.2, 0.25) is 0 Å². The lowest BCUT2D eigenvalue weighted by Crippen LogP contribution is -2.43. The number of halogens is 1. The van der Waals surface area contributed by atoms with Crippen LogP contribution in [0.4, 0.5) is 10.1 Å². The van der Waals surface area contributed by atoms with Crippen LogP contribution in [0.25, 0.3) is 0 Å². The molecule has 0 bridgehead atoms. The molecule has 190 valence electrons. The van der Waals surface area contributed by atoms with Crippen LogP contribution in [0, 0.1) is 18.7 Å². The molecule has 3 aromatic carbocycles. The van der Waals surface area contributed by atoms with Crippen LogP contribution < -0.4 is 19.5 Å². The van der Waals surface area contributed by atoms with Crippen molar-refractivity contribution in [3.8, 4) is 17.2 Å². The smallest absolute Gasteiger partial charge is 0.228 e. The van der Waals surface area contributed by atoms with E-state index in [0.717, 1.165) is 23.4 Å². The SMILES string of the molecule is COc1cccc(CN2C[C@H](C(=O)Nc3ccc(OC)cc3OC)C[C@H](c3ccc(F)c(C)c3)C2)c1. The number of nitrogens with one attached hydrogen (secondary N) is 1. The van der Waals surface area contributed by atoms with Crippen molar-refractivity contribution in [1.82, 2.24) is 4.90 Å². The number of nitrogens with zero attached hydrogens (tertiary/aromatic N) is 1. The van der Waals surface area contributed by atoms with Gasteiger partial charge in [0, 0.05) is 25.7 Å². The zero-order chi connectivity index (χ0) is 25.7. The number of hydrogen-bond donors (Lipinski definition) is 1. The van der Waals surface area contributed by atoms with Gasteiger partial charge < -0.3 is 19.5 Å². The van der Waals surface area contributed by atoms with Gasteiger partial charge in [-0.2, -0.15) is 0 Å². The number of carbonyl (C=O) groups excluding carboxylic acids is 1. The highest BCUT2D eigenvalue weighted by Crippen LogP contribution is 2.34. The molecule has 1 saturated heterocycles. The molecule has 36 heavy (non-hydrogen) atoms. The highest BCUT2D eigenvalue weighted by atomic mass is 19.1. The molecule has 4 rings (SSSR count). The van der Waals surface area contributed by atoms with Gasteiger partial charge in [0.15, 0.2) is 0 Å². The van der Waals surface area contributed by atoms with E-state index >= 15 is 0 Å². The van der Waals surface area contributed by atoms with Crippen LogP contribution in [0.3, 0.4) is 0 Å². The molecular formula is C29H33FN2O4. The Balaban J connectivity index is 1.58. The van der Waals surface area contributed by atoms with Crippen molar-refractivity contribution in [2.75, 3.05) is 39.7 Å². The number of anilines is 1. The van der Waals surface area contributed by atoms with Crippen molar-refractivity contribution in [3.05, 3.63) is 83.2 Å². The molecule has 0 unspecified atom stereocenters. The summed E-state index contributed by atoms with van der Waals surface area (Å²) in [4.78, 5) is 15.8. The first kappa shape index (κ1) is 25.5. The van der Waals surface area contributed by atoms with Gasteiger partial charge in [-0.1, -0.05) is 24.3 Å². The molecule has 0 radical (unpaired) electrons. The predicted molar refractivity (Wildman–Crippen MR) is 138 cm³/mol. The maximum Gasteiger partial charge on any atom is 0.228 e. The molecule has 0 aliphatic carbocycles. The molecule has 0 aromatic heterocycles. The van der Waals surface area contributed by atoms with Crippen molar-refractivity contribution >= 4 is 11.6 Å². The second-order valence-corrected chi connectivity index (χ2v) is 9.24. The third-order valence-corrected chi connectivity index (χ3v) is 6.76. The van der Waals surface area contributed by atoms with Gasteiger partial charge in [0.1, 0.15) is 23.1 Å². The van der Waals surface area contributed by atoms with Gasteiger partial charge in [0.05, 0.1) is 32.9 Å². The maximum absolute atomic E-state index is 14.0. The van der Waals surface area contributed by atoms with Crippen molar-refractivity contribution in [3.63, 3.8) is 0 Å². The van der Waals surface area contributed by atoms with Gasteiger partial charge >= 0.3 is 0 Å². The number of ether oxygens (including phenoxy) is 3. The molecule has 0 saturated carbocycles. The molecule has 0 spiro atoms. The van der Waals surface area contributed by atoms with Gasteiger partial charge in [-0.05, 0) is 66.3 Å². The summed E-state index contributed by atoms with van der Waals surface area (Å²) in [7, 11) is 4.80. The van der Waals surface area contributed by atoms with Crippen LogP contribution in [-0.2, 0) is 11.3 Å². The number of amides is 1. The average Bonchev–Trinajstić information content (AvgIpc) is 2.90. The number of likely N-dealkylation sites (tertiary alicyclic amines) is 1. The van der Waals surface area contributed by atoms with Gasteiger partial charge in [-0.15, -0.1) is 0 Å². The van der Waals surface area contributed by atoms with Gasteiger partial charge in [0.25, 0.3) is 0 Å². The van der Waals surface area contributed by atoms with Crippen molar-refractivity contribution in [2.45, 2.75) is 25.8 Å². The van der Waals surface area contributed by atoms with Crippen molar-refractivity contribution in [1.29, 1.82) is 0 Å². The van der Waals surface area contributed by atoms with E-state index in [0.29, 0.717) is 42.3 Å². The molecule has 6 nitrogen and oxygen atoms in total. The fourth-order valence-electron chi connectivity index (χ4n) is 4.84. The van der Waals surface area contributed by atoms with E-state index in [4.69, 9.17) is 14.2 Å². The minimum absolute atomic E-state index is 0.0716. The Morgan fingerprint density at radius 2 is 1.75 bits per heavy atom. The summed E-state index contributed by atoms with van der Waals surface area (Å²) < 4.78 is 30.1. The second-order valence-electron chi connectivity index (χ2n) is 9.24. The number of piperidine rings is 1. The maximum atomic E-state index is 14.0. The summed E-state index contributed by atoms with van der Waals surface area (Å²) in [5.74, 6) is 1.54. The molecular weight excluding hydrogens is 459 g/mol. The van der Waals surface area contributed by atoms with E-state index in [9.17, 15) is 9.18 Å². The Morgan fingerprint density at radius 1 is 0.972 bits per heavy atom. The molecule has 1 amide bonds. The van der Waals surface area contributed by atoms with Crippen LogP contribution in [0.5, 0.6) is 17.2 Å². The average molecular weight is 493 g/mol. The van der Waals surface area contributed by atoms with Gasteiger partial charge in [0.2, 0.25) is 5.91 Å². The van der Waals surface area contributed by atoms with Crippen LogP contribution in [0.1, 0.15) is 29.0 Å². The topological polar surface area (TPSA) is 60.0 Å². The van der Waals surface area contributed by atoms with Gasteiger partial charge in [-0.3, -0.25) is 9.69 Å². The molecule has 7 heteroatoms. The Hall–Kier alpha value is -3.58. The van der Waals surface area contributed by atoms with E-state index in [2.05, 4.69) is 16.3 Å². The molecule has 3 aromatic rings. The van der Waals surface area contributed by atoms with Crippen molar-refractivity contribution < 1.29 is 23.4 Å². The normalized spacial score (nSPS) is 17.9. The minimum Gasteiger partial charge on any atom is -0.497 e. The summed E-state index contributed by atoms with van der Waals surface area (Å²) in [5.41, 5.74) is 3.37. The standard InChI is InChI=1S/C29H33FN2O4/c1-19-12-21(8-10-26(19)30)22-14-23(18-32(17-22)16-20-6-5-7-24(13-20)34-2)29(33)31-27-11-9-25(35-3)15-28(27)36-4/h5-13,15,22-23H,14,16-18H2,1-4H3,(H,31,33)/t22-,23+/m0/s1. The number of aryl methyl sites for hydroxylation is 1. The van der Waals surface area contributed by atoms with E-state index in [1.165, 1.54) is 6.07 Å². The third-order valence-electron chi connectivity index (χ3n) is 6.76. The van der Waals surface area contributed by atoms with Crippen LogP contribution >= 0.6 is 0 Å². The number of hydrogen-bond acceptors (Lipinski definition) is 5. The number of rotatable bonds is 8. The molecule has 2 atom stereocenters. The van der Waals surface area contributed by atoms with E-state index < -0.39 is 0 Å². The zero-order valence-corrected chi connectivity index (χ0v) is 21.2. The quantitative estimate of drug-likeness (QED) is 0.456. The van der Waals surface area contributed by atoms with Crippen LogP contribution in [-0.4, -0.2) is 45.2 Å². The van der Waals surface area contributed by atoms with Gasteiger partial charge in [-0.25, -0.2) is 4.39 Å². The first-order valence-corrected chi connectivity index (χ1v) is 12.0. The Morgan fingerprint density at radius 3 is 2.47 bits per heavy atom. The van der Waals surface area contributed by atoms with Crippen LogP contribution in [0.15, 0.2) is 60.7 Å². The highest BCUT2D eigenvalue weighted by Gasteiger charge is 2.33. The third kappa shape index (κ3) is 5.97. The lowest BCUT2D eigenvalue weighted by atomic mass is 9.83. The first-order valence-electron chi connectivity index (χ1n) is 12.0. The largest absolute Gasteiger partial charge is 0.497 e. The fourth-order valence-corrected chi connectivity index (χ4v) is 4.84. The lowest BCUT2D eigenvalue weighted by molar-refractivity contribution is -0.121. The number of carbonyl (C=O) groups is 1. The van der Waals surface area contributed by atoms with E-state index in [-0.39, 0.29) is 23.6 Å². The number of benzene rings is 3. The number of methoxy groups -OCH3 is 3. The summed E-state index contributed by atoms with van der Waals surface area (Å²) >= 11 is 0. The molecule has 1 N–H and O–H groups in total. The summed E-state index contributed by atoms with van der Waals surface area (Å²) in [6, 6.07) is 18.5. The highest BCUT2D eigenvalue weighted by molar-refractivity contribution is 5.94. The van der Waals surface area contributed by atoms with Crippen molar-refractivity contribution in [2.24, 2.45) is 5.92 Å². The predicted octanol–water partition coefficient (Wildman–Crippen LogP) is 5.40. The molecule has 1 heterocycles. The fraction of sp³-hybridized carbons (Fsp3) is 0.345. The second kappa shape index (κ2) is 11.4. The lowest BCUT2D eigenvalue weighted by Gasteiger charge is -2.37. The summed E-state index contributed by atoms with van der Waals surface area (Å²) in [5, 5.41) is 3.05. The minimum atomic E-state index is -0.258. The zero-order valence-electron chi connectivity index (χ0n) is 21.2. The Labute approximate surface area is 212 Å². The molecule has 1 aliphatic heterocycles. The summed E-state index contributed by atoms with van der Waals surface area (Å²) in [6.07, 6.45) is 0.671. The Bertz CT molecular complexity index is 1220. The monoisotopic (exact) mass is 492 g/mol. The van der Waals surface area contributed by atoms with E-state index in [1.807, 2.05) is 30.3 Å². The first-order chi connectivity index (χ1) is 17.4. The summed E-state index contributed by atoms with van der Waals surface area (Å²) in [6.45, 7) is 3.84. The Kier molecular flexibility index (Phi) is 8.10. The van der Waals surface area contributed by atoms with E-state index in [1.54, 1.807) is 46.5 Å². The molecule has 1 aliphatic rings. The molecule has 1 fully saturated rings.